The minimum atomic E-state index is -0.687. The predicted molar refractivity (Wildman–Crippen MR) is 62.6 cm³/mol. The second-order valence-corrected chi connectivity index (χ2v) is 4.35. The molecule has 1 N–H and O–H groups in total. The summed E-state index contributed by atoms with van der Waals surface area (Å²) in [6.45, 7) is 5.23. The molecule has 1 aliphatic rings. The summed E-state index contributed by atoms with van der Waals surface area (Å²) in [5, 5.41) is 9.07. The zero-order chi connectivity index (χ0) is 11.8. The van der Waals surface area contributed by atoms with Crippen LogP contribution in [-0.2, 0) is 9.53 Å². The van der Waals surface area contributed by atoms with Gasteiger partial charge >= 0.3 is 5.97 Å². The fourth-order valence-corrected chi connectivity index (χ4v) is 2.07. The summed E-state index contributed by atoms with van der Waals surface area (Å²) in [6, 6.07) is -0.288. The highest BCUT2D eigenvalue weighted by atomic mass is 16.5. The average molecular weight is 229 g/mol. The van der Waals surface area contributed by atoms with Gasteiger partial charge in [-0.2, -0.15) is 0 Å². The second kappa shape index (κ2) is 7.63. The van der Waals surface area contributed by atoms with E-state index in [0.29, 0.717) is 6.61 Å². The summed E-state index contributed by atoms with van der Waals surface area (Å²) in [6.07, 6.45) is 5.15. The number of likely N-dealkylation sites (tertiary alicyclic amines) is 1. The van der Waals surface area contributed by atoms with Crippen molar-refractivity contribution >= 4 is 5.97 Å². The monoisotopic (exact) mass is 229 g/mol. The van der Waals surface area contributed by atoms with Gasteiger partial charge in [-0.1, -0.05) is 19.8 Å². The van der Waals surface area contributed by atoms with Crippen LogP contribution < -0.4 is 0 Å². The van der Waals surface area contributed by atoms with E-state index < -0.39 is 5.97 Å². The molecular weight excluding hydrogens is 206 g/mol. The third kappa shape index (κ3) is 4.49. The molecule has 0 saturated carbocycles. The number of carboxylic acid groups (broad SMARTS) is 1. The van der Waals surface area contributed by atoms with Gasteiger partial charge in [0.25, 0.3) is 0 Å². The Balaban J connectivity index is 2.19. The van der Waals surface area contributed by atoms with Crippen molar-refractivity contribution in [3.8, 4) is 0 Å². The van der Waals surface area contributed by atoms with Crippen LogP contribution in [0, 0.1) is 0 Å². The molecule has 1 rings (SSSR count). The van der Waals surface area contributed by atoms with E-state index in [2.05, 4.69) is 6.92 Å². The van der Waals surface area contributed by atoms with Crippen molar-refractivity contribution in [2.75, 3.05) is 26.3 Å². The van der Waals surface area contributed by atoms with Gasteiger partial charge in [0.05, 0.1) is 6.61 Å². The van der Waals surface area contributed by atoms with Crippen LogP contribution in [0.25, 0.3) is 0 Å². The number of ether oxygens (including phenoxy) is 1. The normalized spacial score (nSPS) is 22.2. The van der Waals surface area contributed by atoms with Crippen LogP contribution in [0.1, 0.15) is 39.0 Å². The first kappa shape index (κ1) is 13.5. The van der Waals surface area contributed by atoms with E-state index >= 15 is 0 Å². The molecule has 4 nitrogen and oxygen atoms in total. The van der Waals surface area contributed by atoms with E-state index in [4.69, 9.17) is 9.84 Å². The van der Waals surface area contributed by atoms with Crippen LogP contribution in [-0.4, -0.2) is 48.3 Å². The number of hydrogen-bond acceptors (Lipinski definition) is 3. The molecule has 0 spiro atoms. The number of unbranched alkanes of at least 4 members (excludes halogenated alkanes) is 1. The van der Waals surface area contributed by atoms with E-state index in [1.54, 1.807) is 0 Å². The molecule has 0 aromatic carbocycles. The standard InChI is InChI=1S/C12H23NO3/c1-2-3-9-16-10-8-13-7-5-4-6-11(13)12(14)15/h11H,2-10H2,1H3,(H,14,15). The van der Waals surface area contributed by atoms with E-state index in [1.807, 2.05) is 4.90 Å². The van der Waals surface area contributed by atoms with Gasteiger partial charge in [-0.15, -0.1) is 0 Å². The fourth-order valence-electron chi connectivity index (χ4n) is 2.07. The summed E-state index contributed by atoms with van der Waals surface area (Å²) in [7, 11) is 0. The number of nitrogens with zero attached hydrogens (tertiary/aromatic N) is 1. The van der Waals surface area contributed by atoms with E-state index in [-0.39, 0.29) is 6.04 Å². The van der Waals surface area contributed by atoms with Crippen LogP contribution in [0.2, 0.25) is 0 Å². The van der Waals surface area contributed by atoms with Crippen LogP contribution in [0.4, 0.5) is 0 Å². The minimum absolute atomic E-state index is 0.288. The zero-order valence-electron chi connectivity index (χ0n) is 10.2. The van der Waals surface area contributed by atoms with Gasteiger partial charge in [-0.3, -0.25) is 9.69 Å². The number of carbonyl (C=O) groups is 1. The first-order chi connectivity index (χ1) is 7.75. The third-order valence-corrected chi connectivity index (χ3v) is 3.06. The zero-order valence-corrected chi connectivity index (χ0v) is 10.2. The first-order valence-electron chi connectivity index (χ1n) is 6.30. The Hall–Kier alpha value is -0.610. The van der Waals surface area contributed by atoms with E-state index in [0.717, 1.165) is 51.8 Å². The average Bonchev–Trinajstić information content (AvgIpc) is 2.29. The second-order valence-electron chi connectivity index (χ2n) is 4.35. The highest BCUT2D eigenvalue weighted by Crippen LogP contribution is 2.16. The number of hydrogen-bond donors (Lipinski definition) is 1. The lowest BCUT2D eigenvalue weighted by atomic mass is 10.0. The van der Waals surface area contributed by atoms with Gasteiger partial charge in [0.15, 0.2) is 0 Å². The molecule has 1 heterocycles. The van der Waals surface area contributed by atoms with Crippen molar-refractivity contribution in [1.29, 1.82) is 0 Å². The topological polar surface area (TPSA) is 49.8 Å². The number of carboxylic acids is 1. The smallest absolute Gasteiger partial charge is 0.320 e. The van der Waals surface area contributed by atoms with Crippen LogP contribution >= 0.6 is 0 Å². The van der Waals surface area contributed by atoms with Crippen molar-refractivity contribution in [1.82, 2.24) is 4.90 Å². The van der Waals surface area contributed by atoms with Gasteiger partial charge in [0.2, 0.25) is 0 Å². The lowest BCUT2D eigenvalue weighted by Crippen LogP contribution is -2.46. The molecule has 1 fully saturated rings. The summed E-state index contributed by atoms with van der Waals surface area (Å²) in [5.74, 6) is -0.687. The van der Waals surface area contributed by atoms with E-state index in [9.17, 15) is 4.79 Å². The lowest BCUT2D eigenvalue weighted by molar-refractivity contribution is -0.144. The highest BCUT2D eigenvalue weighted by molar-refractivity contribution is 5.73. The van der Waals surface area contributed by atoms with Gasteiger partial charge in [-0.05, 0) is 25.8 Å². The maximum absolute atomic E-state index is 11.0. The Morgan fingerprint density at radius 3 is 2.94 bits per heavy atom. The van der Waals surface area contributed by atoms with Crippen LogP contribution in [0.15, 0.2) is 0 Å². The van der Waals surface area contributed by atoms with Crippen molar-refractivity contribution in [3.05, 3.63) is 0 Å². The van der Waals surface area contributed by atoms with Gasteiger partial charge in [-0.25, -0.2) is 0 Å². The molecule has 94 valence electrons. The van der Waals surface area contributed by atoms with Gasteiger partial charge in [0.1, 0.15) is 6.04 Å². The predicted octanol–water partition coefficient (Wildman–Crippen LogP) is 1.74. The van der Waals surface area contributed by atoms with Crippen LogP contribution in [0.3, 0.4) is 0 Å². The van der Waals surface area contributed by atoms with Crippen molar-refractivity contribution in [2.24, 2.45) is 0 Å². The molecule has 0 bridgehead atoms. The quantitative estimate of drug-likeness (QED) is 0.676. The Labute approximate surface area is 97.6 Å². The largest absolute Gasteiger partial charge is 0.480 e. The van der Waals surface area contributed by atoms with Crippen LogP contribution in [0.5, 0.6) is 0 Å². The molecule has 4 heteroatoms. The molecule has 0 radical (unpaired) electrons. The molecule has 1 unspecified atom stereocenters. The summed E-state index contributed by atoms with van der Waals surface area (Å²) < 4.78 is 5.47. The maximum atomic E-state index is 11.0. The molecule has 0 aromatic rings. The molecule has 1 aliphatic heterocycles. The molecule has 16 heavy (non-hydrogen) atoms. The first-order valence-corrected chi connectivity index (χ1v) is 6.30. The lowest BCUT2D eigenvalue weighted by Gasteiger charge is -2.32. The van der Waals surface area contributed by atoms with Crippen molar-refractivity contribution in [3.63, 3.8) is 0 Å². The van der Waals surface area contributed by atoms with Crippen molar-refractivity contribution in [2.45, 2.75) is 45.1 Å². The van der Waals surface area contributed by atoms with Gasteiger partial charge in [0, 0.05) is 13.2 Å². The maximum Gasteiger partial charge on any atom is 0.320 e. The number of aliphatic carboxylic acids is 1. The molecule has 0 aliphatic carbocycles. The highest BCUT2D eigenvalue weighted by Gasteiger charge is 2.27. The molecular formula is C12H23NO3. The summed E-state index contributed by atoms with van der Waals surface area (Å²) in [5.41, 5.74) is 0. The Kier molecular flexibility index (Phi) is 6.42. The Morgan fingerprint density at radius 1 is 1.44 bits per heavy atom. The summed E-state index contributed by atoms with van der Waals surface area (Å²) >= 11 is 0. The third-order valence-electron chi connectivity index (χ3n) is 3.06. The fraction of sp³-hybridized carbons (Fsp3) is 0.917. The Bertz CT molecular complexity index is 208. The molecule has 1 atom stereocenters. The summed E-state index contributed by atoms with van der Waals surface area (Å²) in [4.78, 5) is 13.1. The van der Waals surface area contributed by atoms with Gasteiger partial charge < -0.3 is 9.84 Å². The molecule has 0 aromatic heterocycles. The number of rotatable bonds is 7. The Morgan fingerprint density at radius 2 is 2.25 bits per heavy atom. The molecule has 1 saturated heterocycles. The molecule has 0 amide bonds. The SMILES string of the molecule is CCCCOCCN1CCCCC1C(=O)O. The number of piperidine rings is 1. The van der Waals surface area contributed by atoms with Crippen molar-refractivity contribution < 1.29 is 14.6 Å². The van der Waals surface area contributed by atoms with E-state index in [1.165, 1.54) is 0 Å². The minimum Gasteiger partial charge on any atom is -0.480 e.